The van der Waals surface area contributed by atoms with Crippen LogP contribution in [0.3, 0.4) is 0 Å². The minimum absolute atomic E-state index is 0.0379. The lowest BCUT2D eigenvalue weighted by Gasteiger charge is -2.36. The number of fused-ring (bicyclic) bond motifs is 1. The van der Waals surface area contributed by atoms with Crippen LogP contribution in [0.5, 0.6) is 0 Å². The molecule has 1 saturated heterocycles. The topological polar surface area (TPSA) is 67.7 Å². The minimum Gasteiger partial charge on any atom is -0.383 e. The van der Waals surface area contributed by atoms with Gasteiger partial charge in [0.2, 0.25) is 0 Å². The second kappa shape index (κ2) is 8.75. The zero-order valence-electron chi connectivity index (χ0n) is 16.9. The summed E-state index contributed by atoms with van der Waals surface area (Å²) >= 11 is 7.39. The molecular formula is C21H23ClN4O3S. The highest BCUT2D eigenvalue weighted by Crippen LogP contribution is 2.29. The third-order valence-electron chi connectivity index (χ3n) is 5.39. The molecule has 4 rings (SSSR count). The number of anilines is 1. The van der Waals surface area contributed by atoms with Crippen LogP contribution in [0.25, 0.3) is 10.2 Å². The number of ether oxygens (including phenoxy) is 1. The van der Waals surface area contributed by atoms with Crippen molar-refractivity contribution in [1.82, 2.24) is 14.5 Å². The maximum atomic E-state index is 13.2. The molecule has 2 aromatic heterocycles. The van der Waals surface area contributed by atoms with Crippen LogP contribution in [0.4, 0.5) is 5.69 Å². The molecule has 0 N–H and O–H groups in total. The Morgan fingerprint density at radius 1 is 1.27 bits per heavy atom. The molecule has 0 aliphatic carbocycles. The normalized spacial score (nSPS) is 14.5. The van der Waals surface area contributed by atoms with Gasteiger partial charge in [0.25, 0.3) is 11.5 Å². The Balaban J connectivity index is 1.53. The zero-order valence-corrected chi connectivity index (χ0v) is 18.5. The lowest BCUT2D eigenvalue weighted by Crippen LogP contribution is -2.48. The van der Waals surface area contributed by atoms with Gasteiger partial charge in [-0.15, -0.1) is 11.3 Å². The van der Waals surface area contributed by atoms with Gasteiger partial charge in [-0.05, 0) is 30.7 Å². The summed E-state index contributed by atoms with van der Waals surface area (Å²) in [6, 6.07) is 7.75. The van der Waals surface area contributed by atoms with Gasteiger partial charge in [0, 0.05) is 44.0 Å². The number of carbonyl (C=O) groups excluding carboxylic acids is 1. The highest BCUT2D eigenvalue weighted by atomic mass is 35.5. The fourth-order valence-electron chi connectivity index (χ4n) is 3.70. The maximum Gasteiger partial charge on any atom is 0.264 e. The molecule has 1 aliphatic heterocycles. The smallest absolute Gasteiger partial charge is 0.264 e. The standard InChI is InChI=1S/C21H23ClN4O3S/c1-14-17-19(23-13-26(20(17)27)10-11-29-2)30-18(14)21(28)25-8-6-24(7-9-25)16-5-3-4-15(22)12-16/h3-5,12-13H,6-11H2,1-2H3. The zero-order chi connectivity index (χ0) is 21.3. The van der Waals surface area contributed by atoms with Crippen LogP contribution in [0.1, 0.15) is 15.2 Å². The third-order valence-corrected chi connectivity index (χ3v) is 6.81. The van der Waals surface area contributed by atoms with Gasteiger partial charge in [-0.1, -0.05) is 17.7 Å². The SMILES string of the molecule is COCCn1cnc2sc(C(=O)N3CCN(c4cccc(Cl)c4)CC3)c(C)c2c1=O. The van der Waals surface area contributed by atoms with E-state index in [0.29, 0.717) is 51.9 Å². The molecule has 0 bridgehead atoms. The highest BCUT2D eigenvalue weighted by Gasteiger charge is 2.27. The first kappa shape index (κ1) is 20.8. The summed E-state index contributed by atoms with van der Waals surface area (Å²) in [5.41, 5.74) is 1.64. The van der Waals surface area contributed by atoms with Gasteiger partial charge in [0.1, 0.15) is 4.83 Å². The number of aromatic nitrogens is 2. The Morgan fingerprint density at radius 2 is 2.03 bits per heavy atom. The molecular weight excluding hydrogens is 424 g/mol. The Kier molecular flexibility index (Phi) is 6.08. The lowest BCUT2D eigenvalue weighted by molar-refractivity contribution is 0.0751. The van der Waals surface area contributed by atoms with Gasteiger partial charge < -0.3 is 14.5 Å². The largest absolute Gasteiger partial charge is 0.383 e. The van der Waals surface area contributed by atoms with E-state index in [9.17, 15) is 9.59 Å². The molecule has 3 heterocycles. The van der Waals surface area contributed by atoms with Gasteiger partial charge in [-0.2, -0.15) is 0 Å². The number of hydrogen-bond donors (Lipinski definition) is 0. The number of benzene rings is 1. The number of piperazine rings is 1. The third kappa shape index (κ3) is 3.95. The van der Waals surface area contributed by atoms with E-state index in [1.165, 1.54) is 22.2 Å². The van der Waals surface area contributed by atoms with Gasteiger partial charge in [-0.25, -0.2) is 4.98 Å². The summed E-state index contributed by atoms with van der Waals surface area (Å²) < 4.78 is 6.59. The molecule has 30 heavy (non-hydrogen) atoms. The second-order valence-corrected chi connectivity index (χ2v) is 8.67. The molecule has 0 radical (unpaired) electrons. The molecule has 1 amide bonds. The molecule has 9 heteroatoms. The summed E-state index contributed by atoms with van der Waals surface area (Å²) in [5, 5.41) is 1.23. The number of aryl methyl sites for hydroxylation is 1. The van der Waals surface area contributed by atoms with Crippen LogP contribution in [-0.4, -0.2) is 60.3 Å². The van der Waals surface area contributed by atoms with E-state index in [4.69, 9.17) is 16.3 Å². The van der Waals surface area contributed by atoms with E-state index in [-0.39, 0.29) is 11.5 Å². The number of thiophene rings is 1. The van der Waals surface area contributed by atoms with Crippen LogP contribution in [0.15, 0.2) is 35.4 Å². The van der Waals surface area contributed by atoms with Gasteiger partial charge >= 0.3 is 0 Å². The van der Waals surface area contributed by atoms with Crippen LogP contribution in [0, 0.1) is 6.92 Å². The second-order valence-electron chi connectivity index (χ2n) is 7.23. The lowest BCUT2D eigenvalue weighted by atomic mass is 10.2. The number of amides is 1. The van der Waals surface area contributed by atoms with Crippen LogP contribution in [0.2, 0.25) is 5.02 Å². The number of carbonyl (C=O) groups is 1. The van der Waals surface area contributed by atoms with E-state index in [0.717, 1.165) is 18.8 Å². The first-order chi connectivity index (χ1) is 14.5. The van der Waals surface area contributed by atoms with Crippen molar-refractivity contribution >= 4 is 44.7 Å². The van der Waals surface area contributed by atoms with E-state index in [1.807, 2.05) is 36.1 Å². The predicted molar refractivity (Wildman–Crippen MR) is 120 cm³/mol. The Morgan fingerprint density at radius 3 is 2.73 bits per heavy atom. The average molecular weight is 447 g/mol. The van der Waals surface area contributed by atoms with Crippen molar-refractivity contribution in [2.45, 2.75) is 13.5 Å². The number of methoxy groups -OCH3 is 1. The molecule has 3 aromatic rings. The van der Waals surface area contributed by atoms with Crippen molar-refractivity contribution in [1.29, 1.82) is 0 Å². The van der Waals surface area contributed by atoms with Crippen LogP contribution >= 0.6 is 22.9 Å². The van der Waals surface area contributed by atoms with E-state index < -0.39 is 0 Å². The van der Waals surface area contributed by atoms with E-state index >= 15 is 0 Å². The van der Waals surface area contributed by atoms with Crippen molar-refractivity contribution in [2.24, 2.45) is 0 Å². The monoisotopic (exact) mass is 446 g/mol. The maximum absolute atomic E-state index is 13.2. The molecule has 0 saturated carbocycles. The Hall–Kier alpha value is -2.42. The van der Waals surface area contributed by atoms with Crippen molar-refractivity contribution < 1.29 is 9.53 Å². The van der Waals surface area contributed by atoms with E-state index in [1.54, 1.807) is 7.11 Å². The van der Waals surface area contributed by atoms with Crippen LogP contribution in [-0.2, 0) is 11.3 Å². The van der Waals surface area contributed by atoms with Crippen LogP contribution < -0.4 is 10.5 Å². The Labute approximate surface area is 183 Å². The molecule has 0 spiro atoms. The summed E-state index contributed by atoms with van der Waals surface area (Å²) in [6.07, 6.45) is 1.53. The molecule has 1 aliphatic rings. The minimum atomic E-state index is -0.129. The number of halogens is 1. The molecule has 0 atom stereocenters. The summed E-state index contributed by atoms with van der Waals surface area (Å²) in [5.74, 6) is -0.0379. The number of rotatable bonds is 5. The summed E-state index contributed by atoms with van der Waals surface area (Å²) in [6.45, 7) is 5.39. The van der Waals surface area contributed by atoms with Crippen molar-refractivity contribution in [3.8, 4) is 0 Å². The molecule has 0 unspecified atom stereocenters. The Bertz CT molecular complexity index is 1130. The average Bonchev–Trinajstić information content (AvgIpc) is 3.10. The molecule has 1 aromatic carbocycles. The molecule has 7 nitrogen and oxygen atoms in total. The first-order valence-electron chi connectivity index (χ1n) is 9.77. The number of hydrogen-bond acceptors (Lipinski definition) is 6. The molecule has 158 valence electrons. The first-order valence-corrected chi connectivity index (χ1v) is 11.0. The summed E-state index contributed by atoms with van der Waals surface area (Å²) in [4.78, 5) is 35.7. The molecule has 1 fully saturated rings. The predicted octanol–water partition coefficient (Wildman–Crippen LogP) is 3.03. The fraction of sp³-hybridized carbons (Fsp3) is 0.381. The fourth-order valence-corrected chi connectivity index (χ4v) is 4.99. The summed E-state index contributed by atoms with van der Waals surface area (Å²) in [7, 11) is 1.59. The van der Waals surface area contributed by atoms with Crippen molar-refractivity contribution in [3.05, 3.63) is 56.4 Å². The van der Waals surface area contributed by atoms with Gasteiger partial charge in [0.05, 0.1) is 29.7 Å². The van der Waals surface area contributed by atoms with Crippen molar-refractivity contribution in [3.63, 3.8) is 0 Å². The quantitative estimate of drug-likeness (QED) is 0.602. The van der Waals surface area contributed by atoms with Crippen molar-refractivity contribution in [2.75, 3.05) is 44.8 Å². The highest BCUT2D eigenvalue weighted by molar-refractivity contribution is 7.20. The van der Waals surface area contributed by atoms with Gasteiger partial charge in [0.15, 0.2) is 0 Å². The number of nitrogens with zero attached hydrogens (tertiary/aromatic N) is 4. The van der Waals surface area contributed by atoms with E-state index in [2.05, 4.69) is 9.88 Å². The van der Waals surface area contributed by atoms with Gasteiger partial charge in [-0.3, -0.25) is 14.2 Å².